The Hall–Kier alpha value is -2.40. The zero-order valence-electron chi connectivity index (χ0n) is 12.2. The highest BCUT2D eigenvalue weighted by atomic mass is 16.5. The number of carbonyl (C=O) groups is 1. The fraction of sp³-hybridized carbons (Fsp3) is 0.294. The van der Waals surface area contributed by atoms with E-state index in [0.29, 0.717) is 6.42 Å². The Morgan fingerprint density at radius 3 is 2.95 bits per heavy atom. The average Bonchev–Trinajstić information content (AvgIpc) is 3.00. The van der Waals surface area contributed by atoms with Crippen molar-refractivity contribution >= 4 is 28.1 Å². The highest BCUT2D eigenvalue weighted by Gasteiger charge is 2.19. The SMILES string of the molecule is O=C1C=C(c2c[nH]c3nccc(N4CCOCC4)c23)C=CC1. The highest BCUT2D eigenvalue weighted by molar-refractivity contribution is 6.08. The lowest BCUT2D eigenvalue weighted by Gasteiger charge is -2.29. The molecule has 1 saturated heterocycles. The molecule has 3 heterocycles. The van der Waals surface area contributed by atoms with Crippen LogP contribution in [0.5, 0.6) is 0 Å². The summed E-state index contributed by atoms with van der Waals surface area (Å²) in [7, 11) is 0. The molecular weight excluding hydrogens is 278 g/mol. The first-order chi connectivity index (χ1) is 10.8. The van der Waals surface area contributed by atoms with E-state index in [0.717, 1.165) is 54.2 Å². The van der Waals surface area contributed by atoms with Gasteiger partial charge in [0.05, 0.1) is 18.9 Å². The molecule has 1 N–H and O–H groups in total. The van der Waals surface area contributed by atoms with E-state index in [9.17, 15) is 4.79 Å². The van der Waals surface area contributed by atoms with Crippen molar-refractivity contribution in [3.8, 4) is 0 Å². The van der Waals surface area contributed by atoms with Crippen molar-refractivity contribution in [3.05, 3.63) is 42.3 Å². The van der Waals surface area contributed by atoms with Crippen molar-refractivity contribution in [2.45, 2.75) is 6.42 Å². The van der Waals surface area contributed by atoms with Gasteiger partial charge in [0.25, 0.3) is 0 Å². The first kappa shape index (κ1) is 13.3. The van der Waals surface area contributed by atoms with E-state index in [1.165, 1.54) is 0 Å². The van der Waals surface area contributed by atoms with Gasteiger partial charge >= 0.3 is 0 Å². The number of carbonyl (C=O) groups excluding carboxylic acids is 1. The zero-order chi connectivity index (χ0) is 14.9. The van der Waals surface area contributed by atoms with Gasteiger partial charge in [0.2, 0.25) is 0 Å². The fourth-order valence-electron chi connectivity index (χ4n) is 3.08. The maximum atomic E-state index is 11.7. The van der Waals surface area contributed by atoms with Gasteiger partial charge in [-0.1, -0.05) is 12.2 Å². The number of morpholine rings is 1. The van der Waals surface area contributed by atoms with E-state index < -0.39 is 0 Å². The molecule has 1 aliphatic heterocycles. The Balaban J connectivity index is 1.86. The van der Waals surface area contributed by atoms with Gasteiger partial charge in [-0.15, -0.1) is 0 Å². The molecule has 5 heteroatoms. The van der Waals surface area contributed by atoms with E-state index in [4.69, 9.17) is 4.74 Å². The van der Waals surface area contributed by atoms with Crippen LogP contribution in [0.3, 0.4) is 0 Å². The number of allylic oxidation sites excluding steroid dienone is 4. The van der Waals surface area contributed by atoms with Gasteiger partial charge in [0.15, 0.2) is 5.78 Å². The Bertz CT molecular complexity index is 782. The molecule has 2 aromatic heterocycles. The van der Waals surface area contributed by atoms with Crippen LogP contribution >= 0.6 is 0 Å². The van der Waals surface area contributed by atoms with Gasteiger partial charge in [0, 0.05) is 42.9 Å². The fourth-order valence-corrected chi connectivity index (χ4v) is 3.08. The topological polar surface area (TPSA) is 58.2 Å². The number of nitrogens with zero attached hydrogens (tertiary/aromatic N) is 2. The van der Waals surface area contributed by atoms with Gasteiger partial charge in [-0.05, 0) is 17.7 Å². The number of pyridine rings is 1. The van der Waals surface area contributed by atoms with Crippen LogP contribution < -0.4 is 4.90 Å². The summed E-state index contributed by atoms with van der Waals surface area (Å²) in [6.07, 6.45) is 9.90. The first-order valence-electron chi connectivity index (χ1n) is 7.53. The molecule has 0 atom stereocenters. The number of aromatic nitrogens is 2. The molecule has 2 aromatic rings. The van der Waals surface area contributed by atoms with Crippen LogP contribution in [0.1, 0.15) is 12.0 Å². The summed E-state index contributed by atoms with van der Waals surface area (Å²) in [4.78, 5) is 21.7. The molecule has 0 bridgehead atoms. The van der Waals surface area contributed by atoms with Crippen LogP contribution in [-0.2, 0) is 9.53 Å². The molecule has 5 nitrogen and oxygen atoms in total. The molecule has 0 unspecified atom stereocenters. The summed E-state index contributed by atoms with van der Waals surface area (Å²) >= 11 is 0. The minimum absolute atomic E-state index is 0.142. The predicted octanol–water partition coefficient (Wildman–Crippen LogP) is 2.31. The third-order valence-electron chi connectivity index (χ3n) is 4.15. The Kier molecular flexibility index (Phi) is 3.27. The van der Waals surface area contributed by atoms with Crippen molar-refractivity contribution in [1.82, 2.24) is 9.97 Å². The number of H-pyrrole nitrogens is 1. The van der Waals surface area contributed by atoms with Gasteiger partial charge < -0.3 is 14.6 Å². The normalized spacial score (nSPS) is 18.8. The Morgan fingerprint density at radius 2 is 2.14 bits per heavy atom. The summed E-state index contributed by atoms with van der Waals surface area (Å²) < 4.78 is 5.44. The van der Waals surface area contributed by atoms with Gasteiger partial charge in [0.1, 0.15) is 5.65 Å². The van der Waals surface area contributed by atoms with Gasteiger partial charge in [-0.2, -0.15) is 0 Å². The highest BCUT2D eigenvalue weighted by Crippen LogP contribution is 2.34. The molecule has 0 aromatic carbocycles. The van der Waals surface area contributed by atoms with Crippen LogP contribution in [-0.4, -0.2) is 42.1 Å². The van der Waals surface area contributed by atoms with E-state index in [1.807, 2.05) is 30.6 Å². The van der Waals surface area contributed by atoms with Crippen molar-refractivity contribution in [1.29, 1.82) is 0 Å². The van der Waals surface area contributed by atoms with Gasteiger partial charge in [-0.25, -0.2) is 4.98 Å². The van der Waals surface area contributed by atoms with Crippen LogP contribution in [0.4, 0.5) is 5.69 Å². The quantitative estimate of drug-likeness (QED) is 0.923. The zero-order valence-corrected chi connectivity index (χ0v) is 12.2. The maximum absolute atomic E-state index is 11.7. The van der Waals surface area contributed by atoms with E-state index in [-0.39, 0.29) is 5.78 Å². The minimum atomic E-state index is 0.142. The lowest BCUT2D eigenvalue weighted by Crippen LogP contribution is -2.36. The minimum Gasteiger partial charge on any atom is -0.378 e. The number of nitrogens with one attached hydrogen (secondary N) is 1. The number of aromatic amines is 1. The summed E-state index contributed by atoms with van der Waals surface area (Å²) in [6.45, 7) is 3.23. The van der Waals surface area contributed by atoms with Crippen LogP contribution in [0, 0.1) is 0 Å². The predicted molar refractivity (Wildman–Crippen MR) is 85.9 cm³/mol. The van der Waals surface area contributed by atoms with Crippen molar-refractivity contribution in [2.24, 2.45) is 0 Å². The van der Waals surface area contributed by atoms with Crippen molar-refractivity contribution < 1.29 is 9.53 Å². The molecule has 0 radical (unpaired) electrons. The molecule has 2 aliphatic rings. The standard InChI is InChI=1S/C17H17N3O2/c21-13-3-1-2-12(10-13)14-11-19-17-16(14)15(4-5-18-17)20-6-8-22-9-7-20/h1-2,4-5,10-11H,3,6-9H2,(H,18,19). The number of fused-ring (bicyclic) bond motifs is 1. The largest absolute Gasteiger partial charge is 0.378 e. The third kappa shape index (κ3) is 2.23. The van der Waals surface area contributed by atoms with Crippen LogP contribution in [0.2, 0.25) is 0 Å². The Morgan fingerprint density at radius 1 is 1.27 bits per heavy atom. The van der Waals surface area contributed by atoms with Crippen LogP contribution in [0.15, 0.2) is 36.7 Å². The Labute approximate surface area is 128 Å². The lowest BCUT2D eigenvalue weighted by molar-refractivity contribution is -0.113. The summed E-state index contributed by atoms with van der Waals surface area (Å²) in [5.41, 5.74) is 3.99. The molecule has 22 heavy (non-hydrogen) atoms. The second-order valence-electron chi connectivity index (χ2n) is 5.53. The van der Waals surface area contributed by atoms with Crippen molar-refractivity contribution in [3.63, 3.8) is 0 Å². The van der Waals surface area contributed by atoms with Crippen molar-refractivity contribution in [2.75, 3.05) is 31.2 Å². The molecule has 112 valence electrons. The number of ketones is 1. The smallest absolute Gasteiger partial charge is 0.160 e. The second-order valence-corrected chi connectivity index (χ2v) is 5.53. The second kappa shape index (κ2) is 5.42. The monoisotopic (exact) mass is 295 g/mol. The summed E-state index contributed by atoms with van der Waals surface area (Å²) in [5.74, 6) is 0.142. The molecule has 1 aliphatic carbocycles. The lowest BCUT2D eigenvalue weighted by atomic mass is 9.98. The number of rotatable bonds is 2. The molecular formula is C17H17N3O2. The third-order valence-corrected chi connectivity index (χ3v) is 4.15. The van der Waals surface area contributed by atoms with E-state index in [1.54, 1.807) is 6.08 Å². The number of anilines is 1. The molecule has 0 spiro atoms. The average molecular weight is 295 g/mol. The summed E-state index contributed by atoms with van der Waals surface area (Å²) in [5, 5.41) is 1.08. The number of hydrogen-bond acceptors (Lipinski definition) is 4. The molecule has 1 fully saturated rings. The number of hydrogen-bond donors (Lipinski definition) is 1. The maximum Gasteiger partial charge on any atom is 0.160 e. The molecule has 0 saturated carbocycles. The van der Waals surface area contributed by atoms with E-state index in [2.05, 4.69) is 14.9 Å². The van der Waals surface area contributed by atoms with Crippen LogP contribution in [0.25, 0.3) is 16.6 Å². The van der Waals surface area contributed by atoms with E-state index >= 15 is 0 Å². The molecule has 0 amide bonds. The number of ether oxygens (including phenoxy) is 1. The molecule has 4 rings (SSSR count). The van der Waals surface area contributed by atoms with Gasteiger partial charge in [-0.3, -0.25) is 4.79 Å². The first-order valence-corrected chi connectivity index (χ1v) is 7.53. The summed E-state index contributed by atoms with van der Waals surface area (Å²) in [6, 6.07) is 2.04.